The molecule has 2 amide bonds. The molecule has 0 aliphatic carbocycles. The van der Waals surface area contributed by atoms with Crippen LogP contribution in [0.2, 0.25) is 0 Å². The second kappa shape index (κ2) is 6.56. The third-order valence-corrected chi connectivity index (χ3v) is 5.56. The third kappa shape index (κ3) is 4.99. The highest BCUT2D eigenvalue weighted by molar-refractivity contribution is 7.91. The van der Waals surface area contributed by atoms with Gasteiger partial charge in [0.1, 0.15) is 9.84 Å². The maximum atomic E-state index is 11.7. The Kier molecular flexibility index (Phi) is 5.04. The SMILES string of the molecule is O=C(NCC1CCCNC1)NC1CCS(=O)(=O)CC1. The van der Waals surface area contributed by atoms with Crippen molar-refractivity contribution in [3.05, 3.63) is 0 Å². The van der Waals surface area contributed by atoms with Gasteiger partial charge in [0.2, 0.25) is 0 Å². The summed E-state index contributed by atoms with van der Waals surface area (Å²) in [5.74, 6) is 0.876. The van der Waals surface area contributed by atoms with Crippen LogP contribution in [0.1, 0.15) is 25.7 Å². The van der Waals surface area contributed by atoms with Crippen molar-refractivity contribution in [1.82, 2.24) is 16.0 Å². The van der Waals surface area contributed by atoms with E-state index >= 15 is 0 Å². The van der Waals surface area contributed by atoms with Crippen molar-refractivity contribution in [1.29, 1.82) is 0 Å². The van der Waals surface area contributed by atoms with Gasteiger partial charge >= 0.3 is 6.03 Å². The van der Waals surface area contributed by atoms with Crippen LogP contribution in [0.25, 0.3) is 0 Å². The second-order valence-electron chi connectivity index (χ2n) is 5.49. The van der Waals surface area contributed by atoms with Crippen LogP contribution in [-0.4, -0.2) is 51.6 Å². The first kappa shape index (κ1) is 14.6. The Bertz CT molecular complexity index is 390. The molecule has 3 N–H and O–H groups in total. The Morgan fingerprint density at radius 2 is 1.95 bits per heavy atom. The average molecular weight is 289 g/mol. The Labute approximate surface area is 114 Å². The number of hydrogen-bond acceptors (Lipinski definition) is 4. The molecule has 0 bridgehead atoms. The van der Waals surface area contributed by atoms with Crippen LogP contribution < -0.4 is 16.0 Å². The van der Waals surface area contributed by atoms with Crippen molar-refractivity contribution >= 4 is 15.9 Å². The number of amides is 2. The summed E-state index contributed by atoms with van der Waals surface area (Å²) >= 11 is 0. The van der Waals surface area contributed by atoms with E-state index in [1.807, 2.05) is 0 Å². The van der Waals surface area contributed by atoms with Crippen LogP contribution in [0.15, 0.2) is 0 Å². The van der Waals surface area contributed by atoms with Crippen LogP contribution in [-0.2, 0) is 9.84 Å². The van der Waals surface area contributed by atoms with Crippen molar-refractivity contribution < 1.29 is 13.2 Å². The van der Waals surface area contributed by atoms with Gasteiger partial charge in [0.25, 0.3) is 0 Å². The monoisotopic (exact) mass is 289 g/mol. The lowest BCUT2D eigenvalue weighted by Gasteiger charge is -2.25. The van der Waals surface area contributed by atoms with Crippen LogP contribution in [0.4, 0.5) is 4.79 Å². The molecule has 2 saturated heterocycles. The Morgan fingerprint density at radius 3 is 2.58 bits per heavy atom. The summed E-state index contributed by atoms with van der Waals surface area (Å²) in [7, 11) is -2.86. The summed E-state index contributed by atoms with van der Waals surface area (Å²) < 4.78 is 22.6. The van der Waals surface area contributed by atoms with E-state index in [1.54, 1.807) is 0 Å². The molecule has 6 nitrogen and oxygen atoms in total. The summed E-state index contributed by atoms with van der Waals surface area (Å²) in [5, 5.41) is 9.05. The first-order valence-corrected chi connectivity index (χ1v) is 8.83. The molecule has 1 unspecified atom stereocenters. The number of urea groups is 1. The highest BCUT2D eigenvalue weighted by Crippen LogP contribution is 2.12. The van der Waals surface area contributed by atoms with E-state index in [0.717, 1.165) is 25.9 Å². The van der Waals surface area contributed by atoms with Gasteiger partial charge in [-0.2, -0.15) is 0 Å². The fourth-order valence-electron chi connectivity index (χ4n) is 2.61. The Balaban J connectivity index is 1.64. The predicted octanol–water partition coefficient (Wildman–Crippen LogP) is -0.138. The van der Waals surface area contributed by atoms with Gasteiger partial charge in [0.05, 0.1) is 11.5 Å². The summed E-state index contributed by atoms with van der Waals surface area (Å²) in [6, 6.07) is -0.178. The molecule has 0 saturated carbocycles. The minimum atomic E-state index is -2.86. The smallest absolute Gasteiger partial charge is 0.315 e. The van der Waals surface area contributed by atoms with Crippen molar-refractivity contribution in [2.24, 2.45) is 5.92 Å². The van der Waals surface area contributed by atoms with Gasteiger partial charge in [-0.25, -0.2) is 13.2 Å². The molecule has 1 atom stereocenters. The number of rotatable bonds is 3. The average Bonchev–Trinajstić information content (AvgIpc) is 2.40. The quantitative estimate of drug-likeness (QED) is 0.675. The lowest BCUT2D eigenvalue weighted by Crippen LogP contribution is -2.47. The molecule has 7 heteroatoms. The number of nitrogens with one attached hydrogen (secondary N) is 3. The van der Waals surface area contributed by atoms with Gasteiger partial charge in [-0.3, -0.25) is 0 Å². The van der Waals surface area contributed by atoms with Crippen LogP contribution >= 0.6 is 0 Å². The normalized spacial score (nSPS) is 27.7. The van der Waals surface area contributed by atoms with Gasteiger partial charge in [0, 0.05) is 12.6 Å². The standard InChI is InChI=1S/C12H23N3O3S/c16-12(14-9-10-2-1-5-13-8-10)15-11-3-6-19(17,18)7-4-11/h10-11,13H,1-9H2,(H2,14,15,16). The van der Waals surface area contributed by atoms with Crippen LogP contribution in [0.3, 0.4) is 0 Å². The Hall–Kier alpha value is -0.820. The summed E-state index contributed by atoms with van der Waals surface area (Å²) in [5.41, 5.74) is 0. The highest BCUT2D eigenvalue weighted by atomic mass is 32.2. The van der Waals surface area contributed by atoms with E-state index in [2.05, 4.69) is 16.0 Å². The van der Waals surface area contributed by atoms with Crippen LogP contribution in [0, 0.1) is 5.92 Å². The predicted molar refractivity (Wildman–Crippen MR) is 73.8 cm³/mol. The van der Waals surface area contributed by atoms with Gasteiger partial charge in [-0.15, -0.1) is 0 Å². The van der Waals surface area contributed by atoms with E-state index < -0.39 is 9.84 Å². The zero-order valence-electron chi connectivity index (χ0n) is 11.2. The number of piperidine rings is 1. The molecule has 0 radical (unpaired) electrons. The molecule has 2 fully saturated rings. The maximum absolute atomic E-state index is 11.7. The zero-order valence-corrected chi connectivity index (χ0v) is 12.0. The van der Waals surface area contributed by atoms with E-state index in [4.69, 9.17) is 0 Å². The maximum Gasteiger partial charge on any atom is 0.315 e. The van der Waals surface area contributed by atoms with Crippen molar-refractivity contribution in [2.75, 3.05) is 31.1 Å². The van der Waals surface area contributed by atoms with Crippen molar-refractivity contribution in [2.45, 2.75) is 31.7 Å². The minimum absolute atomic E-state index is 0.00648. The summed E-state index contributed by atoms with van der Waals surface area (Å²) in [4.78, 5) is 11.7. The summed E-state index contributed by atoms with van der Waals surface area (Å²) in [6.07, 6.45) is 3.37. The number of carbonyl (C=O) groups is 1. The van der Waals surface area contributed by atoms with Gasteiger partial charge < -0.3 is 16.0 Å². The Morgan fingerprint density at radius 1 is 1.21 bits per heavy atom. The second-order valence-corrected chi connectivity index (χ2v) is 7.80. The molecule has 110 valence electrons. The van der Waals surface area contributed by atoms with Crippen molar-refractivity contribution in [3.63, 3.8) is 0 Å². The molecular formula is C12H23N3O3S. The van der Waals surface area contributed by atoms with Gasteiger partial charge in [0.15, 0.2) is 0 Å². The van der Waals surface area contributed by atoms with Gasteiger partial charge in [-0.05, 0) is 44.7 Å². The fraction of sp³-hybridized carbons (Fsp3) is 0.917. The number of carbonyl (C=O) groups excluding carboxylic acids is 1. The van der Waals surface area contributed by atoms with Gasteiger partial charge in [-0.1, -0.05) is 0 Å². The molecule has 0 spiro atoms. The van der Waals surface area contributed by atoms with Crippen molar-refractivity contribution in [3.8, 4) is 0 Å². The number of sulfone groups is 1. The first-order chi connectivity index (χ1) is 9.05. The highest BCUT2D eigenvalue weighted by Gasteiger charge is 2.24. The molecular weight excluding hydrogens is 266 g/mol. The molecule has 2 rings (SSSR count). The lowest BCUT2D eigenvalue weighted by atomic mass is 10.00. The van der Waals surface area contributed by atoms with E-state index in [9.17, 15) is 13.2 Å². The van der Waals surface area contributed by atoms with E-state index in [1.165, 1.54) is 0 Å². The molecule has 0 aromatic rings. The molecule has 2 aliphatic heterocycles. The molecule has 2 aliphatic rings. The molecule has 0 aromatic heterocycles. The summed E-state index contributed by atoms with van der Waals surface area (Å²) in [6.45, 7) is 2.71. The molecule has 2 heterocycles. The third-order valence-electron chi connectivity index (χ3n) is 3.84. The lowest BCUT2D eigenvalue weighted by molar-refractivity contribution is 0.232. The first-order valence-electron chi connectivity index (χ1n) is 7.01. The zero-order chi connectivity index (χ0) is 13.7. The minimum Gasteiger partial charge on any atom is -0.338 e. The topological polar surface area (TPSA) is 87.3 Å². The fourth-order valence-corrected chi connectivity index (χ4v) is 4.10. The molecule has 19 heavy (non-hydrogen) atoms. The van der Waals surface area contributed by atoms with E-state index in [0.29, 0.717) is 25.3 Å². The number of hydrogen-bond donors (Lipinski definition) is 3. The van der Waals surface area contributed by atoms with E-state index in [-0.39, 0.29) is 23.6 Å². The molecule has 0 aromatic carbocycles. The van der Waals surface area contributed by atoms with Crippen LogP contribution in [0.5, 0.6) is 0 Å². The largest absolute Gasteiger partial charge is 0.338 e.